The Balaban J connectivity index is -0.0000000272. The van der Waals surface area contributed by atoms with E-state index in [4.69, 9.17) is 70.7 Å². The van der Waals surface area contributed by atoms with Gasteiger partial charge in [-0.15, -0.1) is 16.6 Å². The summed E-state index contributed by atoms with van der Waals surface area (Å²) in [5.74, 6) is 5.02. The molecule has 0 heterocycles. The Morgan fingerprint density at radius 1 is 0.750 bits per heavy atom. The molecule has 0 aliphatic rings. The van der Waals surface area contributed by atoms with Crippen LogP contribution < -0.4 is 50.2 Å². The molecular weight excluding hydrogens is 484 g/mol. The zero-order chi connectivity index (χ0) is 30.0. The van der Waals surface area contributed by atoms with Gasteiger partial charge in [-0.2, -0.15) is 0 Å². The highest BCUT2D eigenvalue weighted by molar-refractivity contribution is 4.41. The summed E-state index contributed by atoms with van der Waals surface area (Å²) in [5.41, 5.74) is 49.8. The molecule has 36 heavy (non-hydrogen) atoms. The maximum Gasteiger partial charge on any atom is 0.00974 e. The third-order valence-electron chi connectivity index (χ3n) is 1.83. The topological polar surface area (TPSA) is 438 Å². The quantitative estimate of drug-likeness (QED) is 0.0368. The van der Waals surface area contributed by atoms with E-state index in [1.807, 2.05) is 28.2 Å². The lowest BCUT2D eigenvalue weighted by molar-refractivity contribution is -0.399. The second kappa shape index (κ2) is 161. The molecule has 0 rings (SSSR count). The van der Waals surface area contributed by atoms with Crippen LogP contribution in [0.2, 0.25) is 0 Å². The second-order valence-electron chi connectivity index (χ2n) is 4.77. The molecule has 0 saturated heterocycles. The van der Waals surface area contributed by atoms with Crippen molar-refractivity contribution in [1.82, 2.24) is 22.2 Å². The van der Waals surface area contributed by atoms with Gasteiger partial charge in [0.2, 0.25) is 0 Å². The molecule has 0 amide bonds. The Hall–Kier alpha value is -3.55. The molecule has 17 N–H and O–H groups in total. The van der Waals surface area contributed by atoms with Crippen LogP contribution in [0.15, 0.2) is 0 Å². The molecule has 0 atom stereocenters. The third-order valence-corrected chi connectivity index (χ3v) is 1.83. The Morgan fingerprint density at radius 3 is 1.11 bits per heavy atom. The first-order valence-corrected chi connectivity index (χ1v) is 9.75. The lowest BCUT2D eigenvalue weighted by atomic mass is 10.2. The molecule has 0 saturated carbocycles. The number of nitrogens with zero attached hydrogens (tertiary/aromatic N) is 6. The molecule has 0 aromatic carbocycles. The normalized spacial score (nSPS) is 6.00. The molecule has 0 aliphatic heterocycles. The molecule has 0 aliphatic carbocycles. The largest absolute Gasteiger partial charge is 0.344 e. The average molecular weight is 535 g/mol. The minimum Gasteiger partial charge on any atom is -0.344 e. The van der Waals surface area contributed by atoms with Gasteiger partial charge in [0.25, 0.3) is 0 Å². The minimum absolute atomic E-state index is 0. The molecular formula is C14H50N18O4. The van der Waals surface area contributed by atoms with Gasteiger partial charge in [-0.3, -0.25) is 31.5 Å². The van der Waals surface area contributed by atoms with Gasteiger partial charge in [0.05, 0.1) is 0 Å². The van der Waals surface area contributed by atoms with Crippen molar-refractivity contribution in [3.8, 4) is 0 Å². The van der Waals surface area contributed by atoms with Gasteiger partial charge in [-0.25, -0.2) is 0 Å². The third kappa shape index (κ3) is 1330. The molecule has 0 bridgehead atoms. The van der Waals surface area contributed by atoms with E-state index < -0.39 is 0 Å². The smallest absolute Gasteiger partial charge is 0.00974 e. The van der Waals surface area contributed by atoms with Crippen molar-refractivity contribution in [3.63, 3.8) is 0 Å². The van der Waals surface area contributed by atoms with Gasteiger partial charge in [0, 0.05) is 17.2 Å². The first-order valence-electron chi connectivity index (χ1n) is 9.75. The van der Waals surface area contributed by atoms with Crippen LogP contribution in [0.3, 0.4) is 0 Å². The average Bonchev–Trinajstić information content (AvgIpc) is 2.79. The zero-order valence-electron chi connectivity index (χ0n) is 22.1. The number of hydrogen-bond donors (Lipinski definition) is 12. The van der Waals surface area contributed by atoms with E-state index in [1.54, 1.807) is 14.7 Å². The molecule has 0 spiro atoms. The van der Waals surface area contributed by atoms with Crippen molar-refractivity contribution in [1.29, 1.82) is 16.6 Å². The SMILES string of the molecule is CCCCCNN.CNC.CNC.N.NCCCCCN.O=[NH+][O-].O=[NH+][O-].[N-]=[N+]=N.[N-]=[N+]=N.[N-]=[N+]=N. The van der Waals surface area contributed by atoms with Crippen molar-refractivity contribution >= 4 is 0 Å². The van der Waals surface area contributed by atoms with Crippen LogP contribution in [0.25, 0.3) is 31.3 Å². The number of hydrogen-bond acceptors (Lipinski definition) is 14. The Labute approximate surface area is 212 Å². The van der Waals surface area contributed by atoms with E-state index in [1.165, 1.54) is 25.7 Å². The molecule has 0 aromatic rings. The van der Waals surface area contributed by atoms with Crippen LogP contribution in [0.1, 0.15) is 45.4 Å². The van der Waals surface area contributed by atoms with Gasteiger partial charge >= 0.3 is 0 Å². The van der Waals surface area contributed by atoms with Gasteiger partial charge in [-0.1, -0.05) is 26.2 Å². The predicted molar refractivity (Wildman–Crippen MR) is 142 cm³/mol. The van der Waals surface area contributed by atoms with Crippen molar-refractivity contribution in [2.75, 3.05) is 47.8 Å². The molecule has 0 radical (unpaired) electrons. The highest BCUT2D eigenvalue weighted by Crippen LogP contribution is 1.89. The fraction of sp³-hybridized carbons (Fsp3) is 1.00. The molecule has 0 aromatic heterocycles. The summed E-state index contributed by atoms with van der Waals surface area (Å²) in [6, 6.07) is 0. The molecule has 0 unspecified atom stereocenters. The van der Waals surface area contributed by atoms with E-state index >= 15 is 0 Å². The summed E-state index contributed by atoms with van der Waals surface area (Å²) in [4.78, 5) is 21.5. The Bertz CT molecular complexity index is 333. The van der Waals surface area contributed by atoms with Gasteiger partial charge in [0.15, 0.2) is 0 Å². The summed E-state index contributed by atoms with van der Waals surface area (Å²) >= 11 is 0. The van der Waals surface area contributed by atoms with Crippen LogP contribution in [-0.4, -0.2) is 47.8 Å². The first kappa shape index (κ1) is 63.7. The van der Waals surface area contributed by atoms with Gasteiger partial charge in [0.1, 0.15) is 0 Å². The van der Waals surface area contributed by atoms with Crippen molar-refractivity contribution < 1.29 is 10.7 Å². The van der Waals surface area contributed by atoms with Crippen LogP contribution in [-0.2, 0) is 0 Å². The van der Waals surface area contributed by atoms with E-state index in [0.717, 1.165) is 32.5 Å². The standard InChI is InChI=1S/2C5H14N2.2C2H7N.3HN3.2HNO2.H3N/c1-2-3-4-5-7-6;6-4-2-1-3-5-7;5*1-3-2;2*2-1-3;/h7H,2-6H2,1H3;1-7H2;2*3H,1-2H3;5*1H;1H3. The number of nitrogens with one attached hydrogen (secondary N) is 8. The summed E-state index contributed by atoms with van der Waals surface area (Å²) in [7, 11) is 7.50. The van der Waals surface area contributed by atoms with Crippen LogP contribution in [0.5, 0.6) is 0 Å². The summed E-state index contributed by atoms with van der Waals surface area (Å²) < 4.78 is 0. The fourth-order valence-electron chi connectivity index (χ4n) is 0.943. The zero-order valence-corrected chi connectivity index (χ0v) is 22.1. The fourth-order valence-corrected chi connectivity index (χ4v) is 0.943. The van der Waals surface area contributed by atoms with Crippen molar-refractivity contribution in [3.05, 3.63) is 51.6 Å². The maximum atomic E-state index is 8.12. The Morgan fingerprint density at radius 2 is 0.972 bits per heavy atom. The number of rotatable bonds is 8. The molecule has 22 heteroatoms. The van der Waals surface area contributed by atoms with Crippen LogP contribution in [0.4, 0.5) is 0 Å². The van der Waals surface area contributed by atoms with Gasteiger partial charge < -0.3 is 28.3 Å². The molecule has 0 fully saturated rings. The predicted octanol–water partition coefficient (Wildman–Crippen LogP) is -0.164. The van der Waals surface area contributed by atoms with Crippen molar-refractivity contribution in [2.45, 2.75) is 45.4 Å². The lowest BCUT2D eigenvalue weighted by Crippen LogP contribution is -2.53. The number of unbranched alkanes of at least 4 members (excludes halogenated alkanes) is 4. The van der Waals surface area contributed by atoms with Gasteiger partial charge in [-0.05, 0) is 91.9 Å². The van der Waals surface area contributed by atoms with E-state index in [9.17, 15) is 0 Å². The van der Waals surface area contributed by atoms with E-state index in [-0.39, 0.29) is 16.8 Å². The summed E-state index contributed by atoms with van der Waals surface area (Å²) in [5, 5.41) is 22.2. The molecule has 22 nitrogen and oxygen atoms in total. The molecule has 220 valence electrons. The summed E-state index contributed by atoms with van der Waals surface area (Å²) in [6.45, 7) is 4.74. The number of nitrogens with two attached hydrogens (primary N) is 3. The number of hydrazine groups is 1. The highest BCUT2D eigenvalue weighted by Gasteiger charge is 1.80. The Kier molecular flexibility index (Phi) is 285. The van der Waals surface area contributed by atoms with Crippen molar-refractivity contribution in [2.24, 2.45) is 17.3 Å². The van der Waals surface area contributed by atoms with Crippen LogP contribution in [0, 0.1) is 36.8 Å². The monoisotopic (exact) mass is 534 g/mol. The highest BCUT2D eigenvalue weighted by atomic mass is 16.6. The van der Waals surface area contributed by atoms with E-state index in [2.05, 4.69) is 23.0 Å². The van der Waals surface area contributed by atoms with E-state index in [0.29, 0.717) is 0 Å². The second-order valence-corrected chi connectivity index (χ2v) is 4.77. The maximum absolute atomic E-state index is 8.12. The minimum atomic E-state index is 0. The first-order chi connectivity index (χ1) is 16.7. The summed E-state index contributed by atoms with van der Waals surface area (Å²) in [6.07, 6.45) is 7.18. The van der Waals surface area contributed by atoms with Crippen LogP contribution >= 0.6 is 0 Å². The lowest BCUT2D eigenvalue weighted by Gasteiger charge is -1.93.